The second-order valence-corrected chi connectivity index (χ2v) is 12.1. The van der Waals surface area contributed by atoms with Gasteiger partial charge in [-0.25, -0.2) is 9.78 Å². The molecule has 2 bridgehead atoms. The number of anilines is 1. The van der Waals surface area contributed by atoms with Crippen LogP contribution in [0, 0.1) is 11.3 Å². The molecule has 5 aliphatic rings. The molecule has 210 valence electrons. The number of pyridine rings is 1. The number of unbranched alkanes of at least 4 members (excludes halogenated alkanes) is 1. The number of hydrogen-bond donors (Lipinski definition) is 3. The number of fused-ring (bicyclic) bond motifs is 4. The Balaban J connectivity index is 0.996. The van der Waals surface area contributed by atoms with Gasteiger partial charge in [-0.05, 0) is 114 Å². The first-order valence-electron chi connectivity index (χ1n) is 15.1. The number of ether oxygens (including phenoxy) is 1. The Bertz CT molecular complexity index is 948. The highest BCUT2D eigenvalue weighted by Crippen LogP contribution is 2.50. The zero-order valence-corrected chi connectivity index (χ0v) is 22.9. The summed E-state index contributed by atoms with van der Waals surface area (Å²) in [5.74, 6) is 0.841. The minimum atomic E-state index is -0.961. The van der Waals surface area contributed by atoms with E-state index in [-0.39, 0.29) is 17.4 Å². The van der Waals surface area contributed by atoms with Crippen LogP contribution in [0.1, 0.15) is 88.3 Å². The Morgan fingerprint density at radius 3 is 2.76 bits per heavy atom. The van der Waals surface area contributed by atoms with Gasteiger partial charge < -0.3 is 25.4 Å². The summed E-state index contributed by atoms with van der Waals surface area (Å²) < 4.78 is 6.14. The normalized spacial score (nSPS) is 27.8. The summed E-state index contributed by atoms with van der Waals surface area (Å²) in [7, 11) is 0. The second kappa shape index (κ2) is 12.8. The number of nitrogens with zero attached hydrogens (tertiary/aromatic N) is 2. The van der Waals surface area contributed by atoms with Crippen LogP contribution < -0.4 is 10.6 Å². The topological polar surface area (TPSA) is 104 Å². The predicted molar refractivity (Wildman–Crippen MR) is 147 cm³/mol. The highest BCUT2D eigenvalue weighted by Gasteiger charge is 2.46. The van der Waals surface area contributed by atoms with Gasteiger partial charge in [0.1, 0.15) is 11.9 Å². The number of likely N-dealkylation sites (tertiary alicyclic amines) is 1. The summed E-state index contributed by atoms with van der Waals surface area (Å²) in [6.07, 6.45) is 14.2. The lowest BCUT2D eigenvalue weighted by atomic mass is 9.60. The first-order chi connectivity index (χ1) is 18.5. The van der Waals surface area contributed by atoms with E-state index in [0.29, 0.717) is 13.0 Å². The van der Waals surface area contributed by atoms with Gasteiger partial charge in [-0.3, -0.25) is 4.79 Å². The van der Waals surface area contributed by atoms with E-state index >= 15 is 0 Å². The van der Waals surface area contributed by atoms with Gasteiger partial charge >= 0.3 is 5.97 Å². The summed E-state index contributed by atoms with van der Waals surface area (Å²) in [6.45, 7) is 4.43. The third kappa shape index (κ3) is 6.87. The maximum Gasteiger partial charge on any atom is 0.326 e. The minimum absolute atomic E-state index is 0.0475. The van der Waals surface area contributed by atoms with Gasteiger partial charge in [-0.2, -0.15) is 0 Å². The van der Waals surface area contributed by atoms with E-state index in [9.17, 15) is 14.7 Å². The van der Waals surface area contributed by atoms with Crippen molar-refractivity contribution in [2.45, 2.75) is 102 Å². The molecule has 8 heteroatoms. The molecule has 1 aromatic heterocycles. The Morgan fingerprint density at radius 1 is 1.16 bits per heavy atom. The van der Waals surface area contributed by atoms with Gasteiger partial charge in [0.2, 0.25) is 5.91 Å². The number of carboxylic acid groups (broad SMARTS) is 1. The lowest BCUT2D eigenvalue weighted by Gasteiger charge is -2.45. The maximum atomic E-state index is 13.0. The van der Waals surface area contributed by atoms with E-state index in [1.807, 2.05) is 0 Å². The first-order valence-corrected chi connectivity index (χ1v) is 15.1. The SMILES string of the molecule is O=C(O)[C@@H](CCO[C@@H]1CCCN(CCCCc2ccc3c(n2)NCCC3)C1)NC(=O)C12CCC(CC1)CC2. The highest BCUT2D eigenvalue weighted by molar-refractivity contribution is 5.87. The third-order valence-electron chi connectivity index (χ3n) is 9.51. The van der Waals surface area contributed by atoms with Crippen molar-refractivity contribution >= 4 is 17.7 Å². The number of aliphatic carboxylic acids is 1. The van der Waals surface area contributed by atoms with Crippen LogP contribution in [0.5, 0.6) is 0 Å². The van der Waals surface area contributed by atoms with Gasteiger partial charge in [-0.1, -0.05) is 6.07 Å². The largest absolute Gasteiger partial charge is 0.480 e. The number of aromatic nitrogens is 1. The molecule has 0 radical (unpaired) electrons. The quantitative estimate of drug-likeness (QED) is 0.351. The molecule has 2 aliphatic heterocycles. The average Bonchev–Trinajstić information content (AvgIpc) is 2.96. The molecule has 3 heterocycles. The number of amides is 1. The summed E-state index contributed by atoms with van der Waals surface area (Å²) in [5, 5.41) is 16.0. The molecule has 6 rings (SSSR count). The van der Waals surface area contributed by atoms with Crippen molar-refractivity contribution in [3.05, 3.63) is 23.4 Å². The fourth-order valence-electron chi connectivity index (χ4n) is 7.01. The Morgan fingerprint density at radius 2 is 1.97 bits per heavy atom. The number of piperidine rings is 1. The van der Waals surface area contributed by atoms with E-state index in [1.165, 1.54) is 17.7 Å². The summed E-state index contributed by atoms with van der Waals surface area (Å²) in [5.41, 5.74) is 2.18. The second-order valence-electron chi connectivity index (χ2n) is 12.1. The molecule has 4 fully saturated rings. The third-order valence-corrected chi connectivity index (χ3v) is 9.51. The van der Waals surface area contributed by atoms with Gasteiger partial charge in [0, 0.05) is 37.2 Å². The number of rotatable bonds is 12. The highest BCUT2D eigenvalue weighted by atomic mass is 16.5. The van der Waals surface area contributed by atoms with Gasteiger partial charge in [0.05, 0.1) is 6.10 Å². The molecular formula is C30H46N4O4. The van der Waals surface area contributed by atoms with Crippen LogP contribution in [0.3, 0.4) is 0 Å². The fraction of sp³-hybridized carbons (Fsp3) is 0.767. The van der Waals surface area contributed by atoms with Crippen LogP contribution >= 0.6 is 0 Å². The number of hydrogen-bond acceptors (Lipinski definition) is 6. The number of carbonyl (C=O) groups is 2. The monoisotopic (exact) mass is 526 g/mol. The number of carbonyl (C=O) groups excluding carboxylic acids is 1. The summed E-state index contributed by atoms with van der Waals surface area (Å²) in [4.78, 5) is 32.2. The zero-order chi connectivity index (χ0) is 26.4. The molecule has 0 spiro atoms. The fourth-order valence-corrected chi connectivity index (χ4v) is 7.01. The predicted octanol–water partition coefficient (Wildman–Crippen LogP) is 4.17. The van der Waals surface area contributed by atoms with E-state index in [4.69, 9.17) is 9.72 Å². The molecule has 3 saturated carbocycles. The lowest BCUT2D eigenvalue weighted by Crippen LogP contribution is -2.52. The number of aryl methyl sites for hydroxylation is 2. The van der Waals surface area contributed by atoms with Crippen LogP contribution in [-0.4, -0.2) is 71.8 Å². The summed E-state index contributed by atoms with van der Waals surface area (Å²) in [6, 6.07) is 3.54. The van der Waals surface area contributed by atoms with Crippen LogP contribution in [-0.2, 0) is 27.2 Å². The molecule has 0 aromatic carbocycles. The van der Waals surface area contributed by atoms with Crippen LogP contribution in [0.2, 0.25) is 0 Å². The van der Waals surface area contributed by atoms with Crippen molar-refractivity contribution < 1.29 is 19.4 Å². The molecule has 3 aliphatic carbocycles. The Kier molecular flexibility index (Phi) is 9.20. The van der Waals surface area contributed by atoms with Gasteiger partial charge in [0.25, 0.3) is 0 Å². The molecule has 1 aromatic rings. The van der Waals surface area contributed by atoms with Crippen molar-refractivity contribution in [2.24, 2.45) is 11.3 Å². The minimum Gasteiger partial charge on any atom is -0.480 e. The number of carboxylic acids is 1. The van der Waals surface area contributed by atoms with Crippen molar-refractivity contribution in [1.82, 2.24) is 15.2 Å². The standard InChI is InChI=1S/C30H46N4O4/c35-28(36)26(33-29(37)30-14-10-22(11-15-30)12-16-30)13-20-38-25-7-4-19-34(21-25)18-2-1-6-24-9-8-23-5-3-17-31-27(23)32-24/h8-9,22,25-26H,1-7,10-21H2,(H,31,32)(H,33,37)(H,35,36)/t22?,25-,26-,30?/m1/s1. The van der Waals surface area contributed by atoms with Crippen LogP contribution in [0.4, 0.5) is 5.82 Å². The maximum absolute atomic E-state index is 13.0. The first kappa shape index (κ1) is 27.4. The molecular weight excluding hydrogens is 480 g/mol. The number of nitrogens with one attached hydrogen (secondary N) is 2. The molecule has 1 amide bonds. The molecule has 3 N–H and O–H groups in total. The molecule has 0 unspecified atom stereocenters. The van der Waals surface area contributed by atoms with E-state index in [1.54, 1.807) is 0 Å². The van der Waals surface area contributed by atoms with Gasteiger partial charge in [0.15, 0.2) is 0 Å². The Hall–Kier alpha value is -2.19. The van der Waals surface area contributed by atoms with Crippen LogP contribution in [0.15, 0.2) is 12.1 Å². The average molecular weight is 527 g/mol. The van der Waals surface area contributed by atoms with Crippen molar-refractivity contribution in [3.63, 3.8) is 0 Å². The van der Waals surface area contributed by atoms with E-state index < -0.39 is 12.0 Å². The summed E-state index contributed by atoms with van der Waals surface area (Å²) >= 11 is 0. The molecule has 2 atom stereocenters. The van der Waals surface area contributed by atoms with E-state index in [2.05, 4.69) is 27.7 Å². The zero-order valence-electron chi connectivity index (χ0n) is 22.9. The smallest absolute Gasteiger partial charge is 0.326 e. The van der Waals surface area contributed by atoms with Crippen molar-refractivity contribution in [3.8, 4) is 0 Å². The van der Waals surface area contributed by atoms with Crippen LogP contribution in [0.25, 0.3) is 0 Å². The van der Waals surface area contributed by atoms with Crippen molar-refractivity contribution in [2.75, 3.05) is 38.1 Å². The Labute approximate surface area is 227 Å². The molecule has 38 heavy (non-hydrogen) atoms. The molecule has 1 saturated heterocycles. The van der Waals surface area contributed by atoms with E-state index in [0.717, 1.165) is 115 Å². The van der Waals surface area contributed by atoms with Gasteiger partial charge in [-0.15, -0.1) is 0 Å². The molecule has 8 nitrogen and oxygen atoms in total. The lowest BCUT2D eigenvalue weighted by molar-refractivity contribution is -0.147. The van der Waals surface area contributed by atoms with Crippen molar-refractivity contribution in [1.29, 1.82) is 0 Å².